The molecule has 116 valence electrons. The average molecular weight is 299 g/mol. The highest BCUT2D eigenvalue weighted by Crippen LogP contribution is 2.31. The molecule has 2 rings (SSSR count). The first kappa shape index (κ1) is 15.9. The van der Waals surface area contributed by atoms with Crippen LogP contribution in [0.15, 0.2) is 42.5 Å². The molecule has 4 heteroatoms. The lowest BCUT2D eigenvalue weighted by Gasteiger charge is -2.13. The van der Waals surface area contributed by atoms with E-state index in [1.807, 2.05) is 24.3 Å². The lowest BCUT2D eigenvalue weighted by Crippen LogP contribution is -2.13. The van der Waals surface area contributed by atoms with E-state index in [1.165, 1.54) is 12.7 Å². The van der Waals surface area contributed by atoms with Crippen LogP contribution in [-0.4, -0.2) is 20.1 Å². The Balaban J connectivity index is 2.22. The van der Waals surface area contributed by atoms with Gasteiger partial charge in [0, 0.05) is 5.69 Å². The molecule has 0 aromatic heterocycles. The van der Waals surface area contributed by atoms with Gasteiger partial charge in [0.1, 0.15) is 0 Å². The van der Waals surface area contributed by atoms with Gasteiger partial charge in [0.2, 0.25) is 0 Å². The van der Waals surface area contributed by atoms with Gasteiger partial charge in [-0.3, -0.25) is 4.79 Å². The van der Waals surface area contributed by atoms with Crippen LogP contribution in [0.25, 0.3) is 0 Å². The summed E-state index contributed by atoms with van der Waals surface area (Å²) in [4.78, 5) is 12.4. The summed E-state index contributed by atoms with van der Waals surface area (Å²) in [5.74, 6) is 1.20. The Morgan fingerprint density at radius 1 is 1.00 bits per heavy atom. The summed E-state index contributed by atoms with van der Waals surface area (Å²) >= 11 is 0. The first-order valence-corrected chi connectivity index (χ1v) is 7.19. The largest absolute Gasteiger partial charge is 0.493 e. The van der Waals surface area contributed by atoms with Crippen molar-refractivity contribution in [1.82, 2.24) is 0 Å². The number of rotatable bonds is 5. The van der Waals surface area contributed by atoms with Crippen LogP contribution >= 0.6 is 0 Å². The second-order valence-electron chi connectivity index (χ2n) is 5.27. The molecule has 0 fully saturated rings. The molecule has 0 aliphatic heterocycles. The Morgan fingerprint density at radius 2 is 1.68 bits per heavy atom. The normalized spacial score (nSPS) is 10.4. The molecule has 0 atom stereocenters. The lowest BCUT2D eigenvalue weighted by atomic mass is 10.0. The van der Waals surface area contributed by atoms with Gasteiger partial charge in [0.15, 0.2) is 11.5 Å². The maximum absolute atomic E-state index is 12.4. The number of anilines is 1. The molecule has 4 nitrogen and oxygen atoms in total. The quantitative estimate of drug-likeness (QED) is 0.905. The second kappa shape index (κ2) is 6.98. The van der Waals surface area contributed by atoms with E-state index >= 15 is 0 Å². The minimum absolute atomic E-state index is 0.229. The van der Waals surface area contributed by atoms with Gasteiger partial charge >= 0.3 is 0 Å². The zero-order chi connectivity index (χ0) is 16.1. The van der Waals surface area contributed by atoms with Gasteiger partial charge in [-0.1, -0.05) is 32.0 Å². The number of carbonyl (C=O) groups excluding carboxylic acids is 1. The minimum atomic E-state index is -0.229. The zero-order valence-electron chi connectivity index (χ0n) is 13.3. The molecule has 0 unspecified atom stereocenters. The van der Waals surface area contributed by atoms with E-state index in [0.29, 0.717) is 23.0 Å². The number of hydrogen-bond donors (Lipinski definition) is 1. The summed E-state index contributed by atoms with van der Waals surface area (Å²) in [5.41, 5.74) is 2.42. The summed E-state index contributed by atoms with van der Waals surface area (Å²) in [5, 5.41) is 2.88. The van der Waals surface area contributed by atoms with Crippen LogP contribution in [-0.2, 0) is 0 Å². The van der Waals surface area contributed by atoms with E-state index < -0.39 is 0 Å². The zero-order valence-corrected chi connectivity index (χ0v) is 13.3. The first-order chi connectivity index (χ1) is 10.6. The number of para-hydroxylation sites is 1. The first-order valence-electron chi connectivity index (χ1n) is 7.19. The third kappa shape index (κ3) is 3.39. The van der Waals surface area contributed by atoms with Crippen molar-refractivity contribution in [1.29, 1.82) is 0 Å². The molecule has 1 amide bonds. The van der Waals surface area contributed by atoms with Crippen molar-refractivity contribution >= 4 is 11.6 Å². The van der Waals surface area contributed by atoms with E-state index in [4.69, 9.17) is 9.47 Å². The summed E-state index contributed by atoms with van der Waals surface area (Å²) in [6, 6.07) is 13.1. The molecule has 0 aliphatic rings. The van der Waals surface area contributed by atoms with Crippen LogP contribution < -0.4 is 14.8 Å². The van der Waals surface area contributed by atoms with Crippen LogP contribution in [0.4, 0.5) is 5.69 Å². The number of hydrogen-bond acceptors (Lipinski definition) is 3. The molecule has 0 spiro atoms. The van der Waals surface area contributed by atoms with Crippen LogP contribution in [0.2, 0.25) is 0 Å². The smallest absolute Gasteiger partial charge is 0.259 e. The maximum Gasteiger partial charge on any atom is 0.259 e. The van der Waals surface area contributed by atoms with Crippen molar-refractivity contribution in [3.63, 3.8) is 0 Å². The van der Waals surface area contributed by atoms with Gasteiger partial charge in [-0.05, 0) is 35.7 Å². The number of nitrogens with one attached hydrogen (secondary N) is 1. The minimum Gasteiger partial charge on any atom is -0.493 e. The van der Waals surface area contributed by atoms with Gasteiger partial charge in [0.25, 0.3) is 5.91 Å². The number of amides is 1. The van der Waals surface area contributed by atoms with Crippen LogP contribution in [0.1, 0.15) is 35.7 Å². The van der Waals surface area contributed by atoms with Crippen LogP contribution in [0.5, 0.6) is 11.5 Å². The van der Waals surface area contributed by atoms with E-state index in [9.17, 15) is 4.79 Å². The topological polar surface area (TPSA) is 47.6 Å². The second-order valence-corrected chi connectivity index (χ2v) is 5.27. The van der Waals surface area contributed by atoms with Crippen LogP contribution in [0.3, 0.4) is 0 Å². The molecular weight excluding hydrogens is 278 g/mol. The predicted octanol–water partition coefficient (Wildman–Crippen LogP) is 4.08. The fraction of sp³-hybridized carbons (Fsp3) is 0.278. The molecule has 0 saturated carbocycles. The Labute approximate surface area is 131 Å². The Hall–Kier alpha value is -2.49. The van der Waals surface area contributed by atoms with Gasteiger partial charge in [-0.25, -0.2) is 0 Å². The molecule has 1 N–H and O–H groups in total. The summed E-state index contributed by atoms with van der Waals surface area (Å²) in [6.07, 6.45) is 0. The van der Waals surface area contributed by atoms with Crippen molar-refractivity contribution in [2.75, 3.05) is 19.5 Å². The van der Waals surface area contributed by atoms with Crippen molar-refractivity contribution in [2.45, 2.75) is 19.8 Å². The van der Waals surface area contributed by atoms with Gasteiger partial charge in [-0.15, -0.1) is 0 Å². The summed E-state index contributed by atoms with van der Waals surface area (Å²) in [7, 11) is 3.07. The monoisotopic (exact) mass is 299 g/mol. The third-order valence-corrected chi connectivity index (χ3v) is 3.48. The maximum atomic E-state index is 12.4. The fourth-order valence-electron chi connectivity index (χ4n) is 2.22. The van der Waals surface area contributed by atoms with Crippen molar-refractivity contribution in [2.24, 2.45) is 0 Å². The van der Waals surface area contributed by atoms with Gasteiger partial charge in [-0.2, -0.15) is 0 Å². The molecular formula is C18H21NO3. The number of benzene rings is 2. The van der Waals surface area contributed by atoms with Crippen molar-refractivity contribution in [3.05, 3.63) is 53.6 Å². The molecule has 22 heavy (non-hydrogen) atoms. The van der Waals surface area contributed by atoms with Crippen molar-refractivity contribution < 1.29 is 14.3 Å². The molecule has 0 radical (unpaired) electrons. The highest BCUT2D eigenvalue weighted by atomic mass is 16.5. The third-order valence-electron chi connectivity index (χ3n) is 3.48. The number of ether oxygens (including phenoxy) is 2. The highest BCUT2D eigenvalue weighted by molar-refractivity contribution is 6.06. The molecule has 2 aromatic carbocycles. The lowest BCUT2D eigenvalue weighted by molar-refractivity contribution is 0.102. The predicted molar refractivity (Wildman–Crippen MR) is 88.0 cm³/mol. The number of carbonyl (C=O) groups is 1. The molecule has 0 bridgehead atoms. The van der Waals surface area contributed by atoms with E-state index in [0.717, 1.165) is 5.69 Å². The van der Waals surface area contributed by atoms with Gasteiger partial charge in [0.05, 0.1) is 19.8 Å². The highest BCUT2D eigenvalue weighted by Gasteiger charge is 2.16. The standard InChI is InChI=1S/C18H21NO3/c1-12(2)13-8-10-14(11-9-13)19-18(20)15-6-5-7-16(21-3)17(15)22-4/h5-12H,1-4H3,(H,19,20). The van der Waals surface area contributed by atoms with E-state index in [1.54, 1.807) is 25.3 Å². The number of methoxy groups -OCH3 is 2. The van der Waals surface area contributed by atoms with Gasteiger partial charge < -0.3 is 14.8 Å². The molecule has 0 aliphatic carbocycles. The SMILES string of the molecule is COc1cccc(C(=O)Nc2ccc(C(C)C)cc2)c1OC. The average Bonchev–Trinajstić information content (AvgIpc) is 2.54. The summed E-state index contributed by atoms with van der Waals surface area (Å²) in [6.45, 7) is 4.27. The van der Waals surface area contributed by atoms with Crippen molar-refractivity contribution in [3.8, 4) is 11.5 Å². The Kier molecular flexibility index (Phi) is 5.04. The molecule has 0 saturated heterocycles. The summed E-state index contributed by atoms with van der Waals surface area (Å²) < 4.78 is 10.5. The molecule has 2 aromatic rings. The Bertz CT molecular complexity index is 648. The fourth-order valence-corrected chi connectivity index (χ4v) is 2.22. The Morgan fingerprint density at radius 3 is 2.23 bits per heavy atom. The van der Waals surface area contributed by atoms with E-state index in [-0.39, 0.29) is 5.91 Å². The van der Waals surface area contributed by atoms with Crippen LogP contribution in [0, 0.1) is 0 Å². The molecule has 0 heterocycles. The van der Waals surface area contributed by atoms with E-state index in [2.05, 4.69) is 19.2 Å².